The molecule has 3 heterocycles. The molecule has 0 saturated carbocycles. The second-order valence-corrected chi connectivity index (χ2v) is 8.35. The first kappa shape index (κ1) is 19.6. The van der Waals surface area contributed by atoms with Crippen molar-refractivity contribution in [3.8, 4) is 0 Å². The molecule has 3 rings (SSSR count). The first-order valence-corrected chi connectivity index (χ1v) is 11.3. The molecule has 0 aromatic rings. The van der Waals surface area contributed by atoms with Crippen LogP contribution in [0, 0.1) is 0 Å². The molecule has 3 saturated heterocycles. The third kappa shape index (κ3) is 7.16. The van der Waals surface area contributed by atoms with Crippen molar-refractivity contribution < 1.29 is 4.74 Å². The van der Waals surface area contributed by atoms with Gasteiger partial charge in [-0.25, -0.2) is 10.0 Å². The minimum Gasteiger partial charge on any atom is -0.378 e. The van der Waals surface area contributed by atoms with Crippen LogP contribution in [0.5, 0.6) is 0 Å². The lowest BCUT2D eigenvalue weighted by atomic mass is 10.1. The monoisotopic (exact) mass is 351 g/mol. The standard InChI is InChI=1S/C21H41N3O/c1(5-13-22-14-6-3-7-15-22)2-10-20-25-21-11-18-24(19-12-21)23-16-8-4-9-17-23/h21H,1-20H2. The van der Waals surface area contributed by atoms with Gasteiger partial charge in [0.05, 0.1) is 6.10 Å². The fourth-order valence-electron chi connectivity index (χ4n) is 4.68. The molecule has 3 aliphatic heterocycles. The number of nitrogens with zero attached hydrogens (tertiary/aromatic N) is 3. The van der Waals surface area contributed by atoms with E-state index in [0.717, 1.165) is 6.61 Å². The zero-order chi connectivity index (χ0) is 17.2. The van der Waals surface area contributed by atoms with Crippen LogP contribution >= 0.6 is 0 Å². The molecule has 3 aliphatic rings. The predicted molar refractivity (Wildman–Crippen MR) is 105 cm³/mol. The van der Waals surface area contributed by atoms with Gasteiger partial charge in [0.25, 0.3) is 0 Å². The Labute approximate surface area is 155 Å². The Morgan fingerprint density at radius 3 is 1.92 bits per heavy atom. The lowest BCUT2D eigenvalue weighted by Gasteiger charge is -2.41. The average molecular weight is 352 g/mol. The van der Waals surface area contributed by atoms with Crippen molar-refractivity contribution >= 4 is 0 Å². The fraction of sp³-hybridized carbons (Fsp3) is 1.00. The molecule has 146 valence electrons. The molecule has 0 spiro atoms. The van der Waals surface area contributed by atoms with Gasteiger partial charge >= 0.3 is 0 Å². The summed E-state index contributed by atoms with van der Waals surface area (Å²) in [5.74, 6) is 0. The Bertz CT molecular complexity index is 332. The topological polar surface area (TPSA) is 19.0 Å². The molecule has 0 unspecified atom stereocenters. The Hall–Kier alpha value is -0.160. The van der Waals surface area contributed by atoms with E-state index in [9.17, 15) is 0 Å². The smallest absolute Gasteiger partial charge is 0.0600 e. The van der Waals surface area contributed by atoms with Crippen molar-refractivity contribution in [3.63, 3.8) is 0 Å². The quantitative estimate of drug-likeness (QED) is 0.586. The SMILES string of the molecule is C(CCCN1CCCCC1)CCOC1CCN(N2CCCCC2)CC1. The van der Waals surface area contributed by atoms with E-state index in [1.807, 2.05) is 0 Å². The average Bonchev–Trinajstić information content (AvgIpc) is 2.69. The minimum atomic E-state index is 0.523. The van der Waals surface area contributed by atoms with Gasteiger partial charge in [-0.2, -0.15) is 0 Å². The van der Waals surface area contributed by atoms with Crippen LogP contribution in [-0.2, 0) is 4.74 Å². The molecule has 0 N–H and O–H groups in total. The highest BCUT2D eigenvalue weighted by atomic mass is 16.5. The summed E-state index contributed by atoms with van der Waals surface area (Å²) in [6.45, 7) is 9.99. The zero-order valence-electron chi connectivity index (χ0n) is 16.5. The van der Waals surface area contributed by atoms with E-state index in [4.69, 9.17) is 4.74 Å². The third-order valence-electron chi connectivity index (χ3n) is 6.32. The Morgan fingerprint density at radius 1 is 0.600 bits per heavy atom. The number of rotatable bonds is 9. The van der Waals surface area contributed by atoms with E-state index >= 15 is 0 Å². The zero-order valence-corrected chi connectivity index (χ0v) is 16.5. The van der Waals surface area contributed by atoms with E-state index in [2.05, 4.69) is 14.9 Å². The highest BCUT2D eigenvalue weighted by Crippen LogP contribution is 2.19. The van der Waals surface area contributed by atoms with Gasteiger partial charge in [-0.1, -0.05) is 25.7 Å². The minimum absolute atomic E-state index is 0.523. The van der Waals surface area contributed by atoms with Gasteiger partial charge < -0.3 is 9.64 Å². The number of hydrogen-bond donors (Lipinski definition) is 0. The maximum atomic E-state index is 6.16. The van der Waals surface area contributed by atoms with Crippen LogP contribution in [0.2, 0.25) is 0 Å². The lowest BCUT2D eigenvalue weighted by molar-refractivity contribution is -0.0875. The fourth-order valence-corrected chi connectivity index (χ4v) is 4.68. The van der Waals surface area contributed by atoms with Crippen LogP contribution in [0.1, 0.15) is 77.0 Å². The largest absolute Gasteiger partial charge is 0.378 e. The second kappa shape index (κ2) is 11.5. The summed E-state index contributed by atoms with van der Waals surface area (Å²) in [7, 11) is 0. The number of likely N-dealkylation sites (tertiary alicyclic amines) is 1. The Morgan fingerprint density at radius 2 is 1.20 bits per heavy atom. The van der Waals surface area contributed by atoms with Crippen molar-refractivity contribution in [2.24, 2.45) is 0 Å². The van der Waals surface area contributed by atoms with Gasteiger partial charge in [0, 0.05) is 32.8 Å². The molecule has 4 heteroatoms. The Balaban J connectivity index is 1.14. The number of ether oxygens (including phenoxy) is 1. The van der Waals surface area contributed by atoms with Crippen molar-refractivity contribution in [2.45, 2.75) is 83.2 Å². The van der Waals surface area contributed by atoms with Crippen LogP contribution in [0.15, 0.2) is 0 Å². The number of hydrazine groups is 1. The highest BCUT2D eigenvalue weighted by molar-refractivity contribution is 4.73. The van der Waals surface area contributed by atoms with Gasteiger partial charge in [-0.15, -0.1) is 0 Å². The predicted octanol–water partition coefficient (Wildman–Crippen LogP) is 3.91. The molecule has 3 fully saturated rings. The van der Waals surface area contributed by atoms with Gasteiger partial charge in [0.1, 0.15) is 0 Å². The summed E-state index contributed by atoms with van der Waals surface area (Å²) < 4.78 is 6.16. The summed E-state index contributed by atoms with van der Waals surface area (Å²) >= 11 is 0. The van der Waals surface area contributed by atoms with Crippen molar-refractivity contribution in [3.05, 3.63) is 0 Å². The van der Waals surface area contributed by atoms with Crippen molar-refractivity contribution in [2.75, 3.05) is 52.4 Å². The lowest BCUT2D eigenvalue weighted by Crippen LogP contribution is -2.50. The molecule has 4 nitrogen and oxygen atoms in total. The summed E-state index contributed by atoms with van der Waals surface area (Å²) in [5.41, 5.74) is 0. The molecule has 0 aromatic carbocycles. The number of piperidine rings is 3. The van der Waals surface area contributed by atoms with E-state index in [0.29, 0.717) is 6.10 Å². The van der Waals surface area contributed by atoms with Crippen molar-refractivity contribution in [1.82, 2.24) is 14.9 Å². The summed E-state index contributed by atoms with van der Waals surface area (Å²) in [6.07, 6.45) is 16.8. The molecule has 0 amide bonds. The van der Waals surface area contributed by atoms with E-state index in [-0.39, 0.29) is 0 Å². The normalized spacial score (nSPS) is 25.4. The first-order valence-electron chi connectivity index (χ1n) is 11.3. The van der Waals surface area contributed by atoms with Gasteiger partial charge in [0.15, 0.2) is 0 Å². The summed E-state index contributed by atoms with van der Waals surface area (Å²) in [6, 6.07) is 0. The molecule has 25 heavy (non-hydrogen) atoms. The third-order valence-corrected chi connectivity index (χ3v) is 6.32. The molecular formula is C21H41N3O. The van der Waals surface area contributed by atoms with E-state index < -0.39 is 0 Å². The van der Waals surface area contributed by atoms with Crippen LogP contribution in [0.4, 0.5) is 0 Å². The maximum Gasteiger partial charge on any atom is 0.0600 e. The van der Waals surface area contributed by atoms with E-state index in [1.54, 1.807) is 0 Å². The van der Waals surface area contributed by atoms with Gasteiger partial charge in [-0.3, -0.25) is 0 Å². The van der Waals surface area contributed by atoms with Crippen LogP contribution in [0.25, 0.3) is 0 Å². The van der Waals surface area contributed by atoms with Crippen molar-refractivity contribution in [1.29, 1.82) is 0 Å². The van der Waals surface area contributed by atoms with Crippen LogP contribution in [0.3, 0.4) is 0 Å². The van der Waals surface area contributed by atoms with Gasteiger partial charge in [-0.05, 0) is 71.0 Å². The molecule has 0 aromatic heterocycles. The summed E-state index contributed by atoms with van der Waals surface area (Å²) in [4.78, 5) is 2.66. The molecule has 0 bridgehead atoms. The van der Waals surface area contributed by atoms with E-state index in [1.165, 1.54) is 123 Å². The molecular weight excluding hydrogens is 310 g/mol. The maximum absolute atomic E-state index is 6.16. The summed E-state index contributed by atoms with van der Waals surface area (Å²) in [5, 5.41) is 5.20. The van der Waals surface area contributed by atoms with Gasteiger partial charge in [0.2, 0.25) is 0 Å². The highest BCUT2D eigenvalue weighted by Gasteiger charge is 2.24. The molecule has 0 aliphatic carbocycles. The first-order chi connectivity index (χ1) is 12.4. The second-order valence-electron chi connectivity index (χ2n) is 8.35. The molecule has 0 radical (unpaired) electrons. The van der Waals surface area contributed by atoms with Crippen LogP contribution in [-0.4, -0.2) is 73.4 Å². The van der Waals surface area contributed by atoms with Crippen LogP contribution < -0.4 is 0 Å². The Kier molecular flexibility index (Phi) is 9.04. The number of unbranched alkanes of at least 4 members (excludes halogenated alkanes) is 3. The molecule has 0 atom stereocenters. The number of hydrogen-bond acceptors (Lipinski definition) is 4.